The molecule has 0 aromatic rings. The zero-order valence-corrected chi connectivity index (χ0v) is 6.69. The normalized spacial score (nSPS) is 10.6. The van der Waals surface area contributed by atoms with Gasteiger partial charge in [-0.2, -0.15) is 0 Å². The van der Waals surface area contributed by atoms with Crippen molar-refractivity contribution < 1.29 is 0 Å². The maximum absolute atomic E-state index is 2.27. The molecule has 42 valence electrons. The van der Waals surface area contributed by atoms with Crippen molar-refractivity contribution in [2.75, 3.05) is 0 Å². The van der Waals surface area contributed by atoms with Crippen molar-refractivity contribution in [3.8, 4) is 0 Å². The van der Waals surface area contributed by atoms with Crippen molar-refractivity contribution in [2.45, 2.75) is 25.6 Å². The van der Waals surface area contributed by atoms with Crippen molar-refractivity contribution in [3.63, 3.8) is 0 Å². The van der Waals surface area contributed by atoms with E-state index in [1.807, 2.05) is 0 Å². The summed E-state index contributed by atoms with van der Waals surface area (Å²) >= 11 is 0.795. The van der Waals surface area contributed by atoms with Crippen LogP contribution in [0.15, 0.2) is 11.1 Å². The average Bonchev–Trinajstić information content (AvgIpc) is 1.69. The van der Waals surface area contributed by atoms with Crippen molar-refractivity contribution in [1.82, 2.24) is 0 Å². The quantitative estimate of drug-likeness (QED) is 0.441. The molecule has 0 rings (SSSR count). The number of rotatable bonds is 3. The Balaban J connectivity index is 2.69. The Morgan fingerprint density at radius 3 is 2.71 bits per heavy atom. The van der Waals surface area contributed by atoms with Gasteiger partial charge in [-0.05, 0) is 0 Å². The van der Waals surface area contributed by atoms with Gasteiger partial charge in [-0.25, -0.2) is 0 Å². The summed E-state index contributed by atoms with van der Waals surface area (Å²) in [5, 5.41) is 1.40. The standard InChI is InChI=1S/C6H12Se/c1-3-5-7-6-4-2/h3,5H,4,6H2,1-2H3/b5-3+. The van der Waals surface area contributed by atoms with Gasteiger partial charge in [0.15, 0.2) is 0 Å². The molecule has 0 N–H and O–H groups in total. The van der Waals surface area contributed by atoms with E-state index in [1.54, 1.807) is 0 Å². The third-order valence-electron chi connectivity index (χ3n) is 0.554. The molecule has 0 bridgehead atoms. The minimum absolute atomic E-state index is 0.795. The Hall–Kier alpha value is 0.259. The van der Waals surface area contributed by atoms with E-state index in [2.05, 4.69) is 24.9 Å². The number of hydrogen-bond acceptors (Lipinski definition) is 0. The molecule has 0 aliphatic rings. The Kier molecular flexibility index (Phi) is 6.49. The maximum atomic E-state index is 2.27. The summed E-state index contributed by atoms with van der Waals surface area (Å²) in [7, 11) is 0. The van der Waals surface area contributed by atoms with Gasteiger partial charge in [-0.15, -0.1) is 0 Å². The first-order valence-electron chi connectivity index (χ1n) is 2.64. The molecule has 0 heterocycles. The fourth-order valence-corrected chi connectivity index (χ4v) is 1.47. The van der Waals surface area contributed by atoms with Crippen LogP contribution in [0.25, 0.3) is 0 Å². The Labute approximate surface area is 52.2 Å². The van der Waals surface area contributed by atoms with E-state index >= 15 is 0 Å². The van der Waals surface area contributed by atoms with Gasteiger partial charge in [0.05, 0.1) is 0 Å². The molecular formula is C6H12Se. The Morgan fingerprint density at radius 1 is 1.57 bits per heavy atom. The zero-order valence-electron chi connectivity index (χ0n) is 4.98. The van der Waals surface area contributed by atoms with E-state index in [0.29, 0.717) is 0 Å². The molecule has 0 fully saturated rings. The van der Waals surface area contributed by atoms with Crippen LogP contribution in [-0.4, -0.2) is 15.0 Å². The molecule has 0 spiro atoms. The average molecular weight is 163 g/mol. The van der Waals surface area contributed by atoms with E-state index in [9.17, 15) is 0 Å². The molecule has 0 nitrogen and oxygen atoms in total. The monoisotopic (exact) mass is 164 g/mol. The van der Waals surface area contributed by atoms with Gasteiger partial charge in [0.2, 0.25) is 0 Å². The molecule has 0 unspecified atom stereocenters. The zero-order chi connectivity index (χ0) is 5.54. The van der Waals surface area contributed by atoms with Gasteiger partial charge in [-0.1, -0.05) is 0 Å². The first-order chi connectivity index (χ1) is 3.41. The summed E-state index contributed by atoms with van der Waals surface area (Å²) < 4.78 is 0. The second-order valence-electron chi connectivity index (χ2n) is 1.34. The molecule has 0 radical (unpaired) electrons. The molecular weight excluding hydrogens is 151 g/mol. The van der Waals surface area contributed by atoms with Gasteiger partial charge in [0.1, 0.15) is 0 Å². The van der Waals surface area contributed by atoms with Crippen LogP contribution in [0.4, 0.5) is 0 Å². The fourth-order valence-electron chi connectivity index (χ4n) is 0.282. The molecule has 0 aromatic heterocycles. The second-order valence-corrected chi connectivity index (χ2v) is 3.47. The third kappa shape index (κ3) is 6.26. The van der Waals surface area contributed by atoms with Crippen LogP contribution in [0.3, 0.4) is 0 Å². The molecule has 0 aliphatic carbocycles. The topological polar surface area (TPSA) is 0 Å². The van der Waals surface area contributed by atoms with E-state index < -0.39 is 0 Å². The van der Waals surface area contributed by atoms with E-state index in [1.165, 1.54) is 11.7 Å². The summed E-state index contributed by atoms with van der Waals surface area (Å²) in [6, 6.07) is 0. The second kappa shape index (κ2) is 6.26. The predicted octanol–water partition coefficient (Wildman–Crippen LogP) is 2.05. The first kappa shape index (κ1) is 7.26. The molecule has 0 saturated heterocycles. The van der Waals surface area contributed by atoms with Crippen LogP contribution in [0.1, 0.15) is 20.3 Å². The summed E-state index contributed by atoms with van der Waals surface area (Å²) in [6.07, 6.45) is 3.47. The molecule has 7 heavy (non-hydrogen) atoms. The Morgan fingerprint density at radius 2 is 2.29 bits per heavy atom. The van der Waals surface area contributed by atoms with Crippen LogP contribution in [0.2, 0.25) is 5.32 Å². The summed E-state index contributed by atoms with van der Waals surface area (Å²) in [5.41, 5.74) is 0. The molecule has 0 saturated carbocycles. The predicted molar refractivity (Wildman–Crippen MR) is 35.7 cm³/mol. The number of allylic oxidation sites excluding steroid dienone is 1. The van der Waals surface area contributed by atoms with Crippen LogP contribution in [0.5, 0.6) is 0 Å². The molecule has 0 aliphatic heterocycles. The van der Waals surface area contributed by atoms with Crippen molar-refractivity contribution in [3.05, 3.63) is 11.1 Å². The van der Waals surface area contributed by atoms with Gasteiger partial charge in [0.25, 0.3) is 0 Å². The van der Waals surface area contributed by atoms with E-state index in [0.717, 1.165) is 15.0 Å². The van der Waals surface area contributed by atoms with Crippen molar-refractivity contribution >= 4 is 15.0 Å². The minimum atomic E-state index is 0.795. The van der Waals surface area contributed by atoms with Gasteiger partial charge < -0.3 is 0 Å². The Bertz CT molecular complexity index is 48.1. The molecule has 1 heteroatoms. The van der Waals surface area contributed by atoms with Gasteiger partial charge in [-0.3, -0.25) is 0 Å². The van der Waals surface area contributed by atoms with Crippen molar-refractivity contribution in [2.24, 2.45) is 0 Å². The SMILES string of the molecule is C/C=C/[Se]CCC. The summed E-state index contributed by atoms with van der Waals surface area (Å²) in [4.78, 5) is 2.27. The van der Waals surface area contributed by atoms with Crippen LogP contribution in [-0.2, 0) is 0 Å². The first-order valence-corrected chi connectivity index (χ1v) is 4.84. The van der Waals surface area contributed by atoms with Gasteiger partial charge in [0, 0.05) is 0 Å². The molecule has 0 atom stereocenters. The van der Waals surface area contributed by atoms with Crippen LogP contribution < -0.4 is 0 Å². The molecule has 0 aromatic carbocycles. The van der Waals surface area contributed by atoms with Crippen LogP contribution in [0, 0.1) is 0 Å². The van der Waals surface area contributed by atoms with E-state index in [4.69, 9.17) is 0 Å². The van der Waals surface area contributed by atoms with Gasteiger partial charge >= 0.3 is 51.6 Å². The third-order valence-corrected chi connectivity index (χ3v) is 2.88. The summed E-state index contributed by atoms with van der Waals surface area (Å²) in [5.74, 6) is 0. The van der Waals surface area contributed by atoms with Crippen LogP contribution >= 0.6 is 0 Å². The number of hydrogen-bond donors (Lipinski definition) is 0. The fraction of sp³-hybridized carbons (Fsp3) is 0.667. The molecule has 0 amide bonds. The van der Waals surface area contributed by atoms with E-state index in [-0.39, 0.29) is 0 Å². The summed E-state index contributed by atoms with van der Waals surface area (Å²) in [6.45, 7) is 4.31. The van der Waals surface area contributed by atoms with Crippen molar-refractivity contribution in [1.29, 1.82) is 0 Å².